The second kappa shape index (κ2) is 4.07. The van der Waals surface area contributed by atoms with Crippen LogP contribution in [-0.4, -0.2) is 17.3 Å². The summed E-state index contributed by atoms with van der Waals surface area (Å²) in [5, 5.41) is 0. The maximum absolute atomic E-state index is 5.07. The highest BCUT2D eigenvalue weighted by Crippen LogP contribution is 2.02. The minimum absolute atomic E-state index is 0.0188. The zero-order valence-electron chi connectivity index (χ0n) is 6.38. The molecule has 4 N–H and O–H groups in total. The van der Waals surface area contributed by atoms with E-state index in [1.807, 2.05) is 6.07 Å². The van der Waals surface area contributed by atoms with Gasteiger partial charge < -0.3 is 11.5 Å². The highest BCUT2D eigenvalue weighted by atomic mass is 15.0. The third kappa shape index (κ3) is 2.78. The topological polar surface area (TPSA) is 89.7 Å². The van der Waals surface area contributed by atoms with Gasteiger partial charge in [0.15, 0.2) is 11.8 Å². The van der Waals surface area contributed by atoms with Gasteiger partial charge in [-0.1, -0.05) is 6.07 Å². The molecule has 0 aliphatic heterocycles. The van der Waals surface area contributed by atoms with Crippen molar-refractivity contribution in [3.63, 3.8) is 0 Å². The van der Waals surface area contributed by atoms with E-state index in [9.17, 15) is 0 Å². The molecule has 1 rings (SSSR count). The molecule has 1 aromatic rings. The quantitative estimate of drug-likeness (QED) is 0.475. The van der Waals surface area contributed by atoms with E-state index in [1.54, 1.807) is 18.3 Å². The van der Waals surface area contributed by atoms with Crippen molar-refractivity contribution < 1.29 is 0 Å². The van der Waals surface area contributed by atoms with Crippen molar-refractivity contribution in [2.45, 2.75) is 0 Å². The summed E-state index contributed by atoms with van der Waals surface area (Å²) in [5.74, 6) is 0.553. The van der Waals surface area contributed by atoms with Gasteiger partial charge in [0.05, 0.1) is 0 Å². The number of rotatable bonds is 2. The van der Waals surface area contributed by atoms with Gasteiger partial charge in [0.2, 0.25) is 0 Å². The van der Waals surface area contributed by atoms with E-state index in [1.165, 1.54) is 6.34 Å². The molecule has 0 bridgehead atoms. The maximum Gasteiger partial charge on any atom is 0.192 e. The van der Waals surface area contributed by atoms with Crippen LogP contribution in [0.15, 0.2) is 34.4 Å². The van der Waals surface area contributed by atoms with Crippen LogP contribution in [0.1, 0.15) is 0 Å². The van der Waals surface area contributed by atoms with Gasteiger partial charge in [0.25, 0.3) is 0 Å². The number of nitrogens with two attached hydrogens (primary N) is 2. The van der Waals surface area contributed by atoms with E-state index in [2.05, 4.69) is 15.0 Å². The Kier molecular flexibility index (Phi) is 2.78. The average molecular weight is 163 g/mol. The van der Waals surface area contributed by atoms with Crippen LogP contribution < -0.4 is 11.5 Å². The smallest absolute Gasteiger partial charge is 0.192 e. The number of nitrogens with zero attached hydrogens (tertiary/aromatic N) is 3. The van der Waals surface area contributed by atoms with E-state index >= 15 is 0 Å². The monoisotopic (exact) mass is 163 g/mol. The van der Waals surface area contributed by atoms with Gasteiger partial charge in [0.1, 0.15) is 6.34 Å². The highest BCUT2D eigenvalue weighted by molar-refractivity contribution is 5.84. The van der Waals surface area contributed by atoms with E-state index in [0.717, 1.165) is 0 Å². The molecule has 0 fully saturated rings. The van der Waals surface area contributed by atoms with Crippen LogP contribution >= 0.6 is 0 Å². The first-order chi connectivity index (χ1) is 5.79. The molecule has 0 amide bonds. The van der Waals surface area contributed by atoms with E-state index in [4.69, 9.17) is 11.5 Å². The summed E-state index contributed by atoms with van der Waals surface area (Å²) in [4.78, 5) is 11.3. The number of hydrogen-bond donors (Lipinski definition) is 2. The Labute approximate surface area is 69.9 Å². The summed E-state index contributed by atoms with van der Waals surface area (Å²) in [5.41, 5.74) is 10.1. The largest absolute Gasteiger partial charge is 0.370 e. The molecule has 0 saturated heterocycles. The van der Waals surface area contributed by atoms with Crippen molar-refractivity contribution in [3.05, 3.63) is 24.4 Å². The molecular formula is C7H9N5. The lowest BCUT2D eigenvalue weighted by Crippen LogP contribution is -2.22. The number of aromatic nitrogens is 1. The fraction of sp³-hybridized carbons (Fsp3) is 0. The van der Waals surface area contributed by atoms with Gasteiger partial charge in [-0.15, -0.1) is 0 Å². The average Bonchev–Trinajstić information content (AvgIpc) is 2.05. The molecule has 0 atom stereocenters. The summed E-state index contributed by atoms with van der Waals surface area (Å²) in [7, 11) is 0. The SMILES string of the molecule is NC(N)=N/C=N/c1ccccn1. The number of pyridine rings is 1. The van der Waals surface area contributed by atoms with Crippen LogP contribution in [0.25, 0.3) is 0 Å². The normalized spacial score (nSPS) is 10.0. The van der Waals surface area contributed by atoms with Crippen molar-refractivity contribution in [3.8, 4) is 0 Å². The summed E-state index contributed by atoms with van der Waals surface area (Å²) in [6, 6.07) is 5.38. The van der Waals surface area contributed by atoms with Crippen LogP contribution in [0.4, 0.5) is 5.82 Å². The fourth-order valence-corrected chi connectivity index (χ4v) is 0.585. The Bertz CT molecular complexity index is 286. The molecule has 0 radical (unpaired) electrons. The first kappa shape index (κ1) is 8.19. The van der Waals surface area contributed by atoms with Gasteiger partial charge in [-0.2, -0.15) is 0 Å². The molecule has 1 heterocycles. The second-order valence-corrected chi connectivity index (χ2v) is 1.99. The van der Waals surface area contributed by atoms with Crippen molar-refractivity contribution in [1.82, 2.24) is 4.98 Å². The highest BCUT2D eigenvalue weighted by Gasteiger charge is 1.82. The molecule has 0 aliphatic rings. The predicted octanol–water partition coefficient (Wildman–Crippen LogP) is 0.0148. The van der Waals surface area contributed by atoms with Gasteiger partial charge in [-0.05, 0) is 12.1 Å². The summed E-state index contributed by atoms with van der Waals surface area (Å²) >= 11 is 0. The van der Waals surface area contributed by atoms with E-state index in [0.29, 0.717) is 5.82 Å². The summed E-state index contributed by atoms with van der Waals surface area (Å²) in [6.07, 6.45) is 2.90. The molecule has 0 spiro atoms. The molecule has 0 aliphatic carbocycles. The van der Waals surface area contributed by atoms with Crippen LogP contribution in [0.5, 0.6) is 0 Å². The fourth-order valence-electron chi connectivity index (χ4n) is 0.585. The van der Waals surface area contributed by atoms with Gasteiger partial charge in [0, 0.05) is 6.20 Å². The van der Waals surface area contributed by atoms with Crippen molar-refractivity contribution in [2.75, 3.05) is 0 Å². The zero-order valence-corrected chi connectivity index (χ0v) is 6.38. The first-order valence-electron chi connectivity index (χ1n) is 3.31. The Morgan fingerprint density at radius 2 is 2.25 bits per heavy atom. The van der Waals surface area contributed by atoms with Crippen molar-refractivity contribution in [2.24, 2.45) is 21.5 Å². The molecule has 0 saturated carbocycles. The van der Waals surface area contributed by atoms with Crippen molar-refractivity contribution >= 4 is 18.1 Å². The molecule has 12 heavy (non-hydrogen) atoms. The molecule has 0 unspecified atom stereocenters. The van der Waals surface area contributed by atoms with E-state index < -0.39 is 0 Å². The minimum atomic E-state index is -0.0188. The zero-order chi connectivity index (χ0) is 8.81. The maximum atomic E-state index is 5.07. The Balaban J connectivity index is 2.64. The second-order valence-electron chi connectivity index (χ2n) is 1.99. The predicted molar refractivity (Wildman–Crippen MR) is 48.2 cm³/mol. The van der Waals surface area contributed by atoms with Crippen molar-refractivity contribution in [1.29, 1.82) is 0 Å². The minimum Gasteiger partial charge on any atom is -0.370 e. The summed E-state index contributed by atoms with van der Waals surface area (Å²) in [6.45, 7) is 0. The standard InChI is InChI=1S/C7H9N5/c8-7(9)12-5-11-6-3-1-2-4-10-6/h1-5H,(H4,8,9,10,11,12). The number of hydrogen-bond acceptors (Lipinski definition) is 2. The van der Waals surface area contributed by atoms with Gasteiger partial charge in [-0.3, -0.25) is 0 Å². The molecule has 1 aromatic heterocycles. The Hall–Kier alpha value is -1.91. The third-order valence-electron chi connectivity index (χ3n) is 1.05. The van der Waals surface area contributed by atoms with E-state index in [-0.39, 0.29) is 5.96 Å². The molecule has 5 heteroatoms. The summed E-state index contributed by atoms with van der Waals surface area (Å²) < 4.78 is 0. The van der Waals surface area contributed by atoms with Gasteiger partial charge >= 0.3 is 0 Å². The van der Waals surface area contributed by atoms with Crippen LogP contribution in [0, 0.1) is 0 Å². The third-order valence-corrected chi connectivity index (χ3v) is 1.05. The number of aliphatic imine (C=N–C) groups is 2. The Morgan fingerprint density at radius 3 is 2.83 bits per heavy atom. The lowest BCUT2D eigenvalue weighted by atomic mass is 10.5. The molecular weight excluding hydrogens is 154 g/mol. The first-order valence-corrected chi connectivity index (χ1v) is 3.31. The Morgan fingerprint density at radius 1 is 1.42 bits per heavy atom. The van der Waals surface area contributed by atoms with Crippen LogP contribution in [0.3, 0.4) is 0 Å². The molecule has 62 valence electrons. The van der Waals surface area contributed by atoms with Crippen LogP contribution in [0.2, 0.25) is 0 Å². The number of guanidine groups is 1. The lowest BCUT2D eigenvalue weighted by molar-refractivity contribution is 1.27. The van der Waals surface area contributed by atoms with Crippen LogP contribution in [-0.2, 0) is 0 Å². The lowest BCUT2D eigenvalue weighted by Gasteiger charge is -1.87. The van der Waals surface area contributed by atoms with Gasteiger partial charge in [-0.25, -0.2) is 15.0 Å². The molecule has 0 aromatic carbocycles. The molecule has 5 nitrogen and oxygen atoms in total.